The van der Waals surface area contributed by atoms with Crippen LogP contribution in [0.5, 0.6) is 0 Å². The molecule has 204 valence electrons. The molecule has 0 N–H and O–H groups in total. The predicted octanol–water partition coefficient (Wildman–Crippen LogP) is 3.78. The fourth-order valence-electron chi connectivity index (χ4n) is 4.45. The summed E-state index contributed by atoms with van der Waals surface area (Å²) in [5.41, 5.74) is 2.44. The van der Waals surface area contributed by atoms with Gasteiger partial charge in [0.05, 0.1) is 33.4 Å². The Kier molecular flexibility index (Phi) is 7.78. The van der Waals surface area contributed by atoms with E-state index in [4.69, 9.17) is 21.1 Å². The fraction of sp³-hybridized carbons (Fsp3) is 0.179. The van der Waals surface area contributed by atoms with Gasteiger partial charge >= 0.3 is 5.97 Å². The third kappa shape index (κ3) is 5.26. The number of allylic oxidation sites excluding steroid dienone is 1. The number of hydrogen-bond donors (Lipinski definition) is 0. The Morgan fingerprint density at radius 2 is 1.88 bits per heavy atom. The zero-order valence-electron chi connectivity index (χ0n) is 21.4. The molecule has 0 saturated heterocycles. The standard InChI is InChI=1S/C28H23ClN4O6S/c1-17-24(27(35)39-15-14-38-2)25(18-5-7-19(29)8-6-18)32-26(34)23(40-28(32)30-17)16-22-4-3-13-31(22)20-9-11-21(12-10-20)33(36)37/h3-13,16,25H,14-15H2,1-2H3. The Balaban J connectivity index is 1.62. The van der Waals surface area contributed by atoms with Crippen molar-refractivity contribution in [2.24, 2.45) is 4.99 Å². The molecule has 10 nitrogen and oxygen atoms in total. The Bertz CT molecular complexity index is 1800. The molecule has 2 aromatic carbocycles. The van der Waals surface area contributed by atoms with Crippen LogP contribution >= 0.6 is 22.9 Å². The number of thiazole rings is 1. The summed E-state index contributed by atoms with van der Waals surface area (Å²) in [6.07, 6.45) is 3.54. The summed E-state index contributed by atoms with van der Waals surface area (Å²) in [5, 5.41) is 11.6. The first-order valence-corrected chi connectivity index (χ1v) is 13.3. The second-order valence-electron chi connectivity index (χ2n) is 8.84. The number of hydrogen-bond acceptors (Lipinski definition) is 8. The van der Waals surface area contributed by atoms with Crippen molar-refractivity contribution >= 4 is 40.7 Å². The van der Waals surface area contributed by atoms with Crippen molar-refractivity contribution in [1.82, 2.24) is 9.13 Å². The van der Waals surface area contributed by atoms with E-state index >= 15 is 0 Å². The Labute approximate surface area is 236 Å². The molecule has 1 unspecified atom stereocenters. The summed E-state index contributed by atoms with van der Waals surface area (Å²) in [7, 11) is 1.51. The number of ether oxygens (including phenoxy) is 2. The van der Waals surface area contributed by atoms with Crippen LogP contribution < -0.4 is 14.9 Å². The normalized spacial score (nSPS) is 15.1. The highest BCUT2D eigenvalue weighted by molar-refractivity contribution is 7.07. The molecular formula is C28H23ClN4O6S. The average Bonchev–Trinajstić information content (AvgIpc) is 3.52. The molecular weight excluding hydrogens is 556 g/mol. The molecule has 0 fully saturated rings. The zero-order chi connectivity index (χ0) is 28.4. The molecule has 40 heavy (non-hydrogen) atoms. The minimum atomic E-state index is -0.771. The van der Waals surface area contributed by atoms with E-state index < -0.39 is 16.9 Å². The molecule has 0 radical (unpaired) electrons. The Morgan fingerprint density at radius 3 is 2.55 bits per heavy atom. The van der Waals surface area contributed by atoms with Crippen LogP contribution in [0.3, 0.4) is 0 Å². The van der Waals surface area contributed by atoms with E-state index in [1.807, 2.05) is 16.7 Å². The number of esters is 1. The molecule has 1 aliphatic heterocycles. The predicted molar refractivity (Wildman–Crippen MR) is 150 cm³/mol. The quantitative estimate of drug-likeness (QED) is 0.136. The van der Waals surface area contributed by atoms with Crippen LogP contribution in [-0.4, -0.2) is 40.4 Å². The molecule has 2 aromatic heterocycles. The van der Waals surface area contributed by atoms with Crippen LogP contribution in [0, 0.1) is 10.1 Å². The number of benzene rings is 2. The van der Waals surface area contributed by atoms with Crippen LogP contribution in [0.1, 0.15) is 24.2 Å². The number of carbonyl (C=O) groups is 1. The van der Waals surface area contributed by atoms with Gasteiger partial charge in [0.2, 0.25) is 0 Å². The van der Waals surface area contributed by atoms with E-state index in [2.05, 4.69) is 4.99 Å². The van der Waals surface area contributed by atoms with Gasteiger partial charge in [-0.05, 0) is 55.0 Å². The van der Waals surface area contributed by atoms with Crippen LogP contribution in [0.25, 0.3) is 11.8 Å². The summed E-state index contributed by atoms with van der Waals surface area (Å²) in [4.78, 5) is 42.7. The summed E-state index contributed by atoms with van der Waals surface area (Å²) >= 11 is 7.33. The van der Waals surface area contributed by atoms with Crippen molar-refractivity contribution in [3.05, 3.63) is 124 Å². The first-order valence-electron chi connectivity index (χ1n) is 12.1. The maximum atomic E-state index is 13.9. The van der Waals surface area contributed by atoms with Crippen molar-refractivity contribution in [3.63, 3.8) is 0 Å². The second-order valence-corrected chi connectivity index (χ2v) is 10.3. The van der Waals surface area contributed by atoms with E-state index in [0.717, 1.165) is 0 Å². The SMILES string of the molecule is COCCOC(=O)C1=C(C)N=c2sc(=Cc3cccn3-c3ccc([N+](=O)[O-])cc3)c(=O)n2C1c1ccc(Cl)cc1. The van der Waals surface area contributed by atoms with Gasteiger partial charge in [-0.15, -0.1) is 0 Å². The number of nitrogens with zero attached hydrogens (tertiary/aromatic N) is 4. The molecule has 12 heteroatoms. The third-order valence-corrected chi connectivity index (χ3v) is 7.58. The van der Waals surface area contributed by atoms with Gasteiger partial charge in [-0.2, -0.15) is 0 Å². The number of halogens is 1. The molecule has 0 saturated carbocycles. The van der Waals surface area contributed by atoms with Crippen LogP contribution in [0.4, 0.5) is 5.69 Å². The van der Waals surface area contributed by atoms with Crippen molar-refractivity contribution in [2.75, 3.05) is 20.3 Å². The highest BCUT2D eigenvalue weighted by Gasteiger charge is 2.33. The number of aromatic nitrogens is 2. The largest absolute Gasteiger partial charge is 0.460 e. The van der Waals surface area contributed by atoms with Gasteiger partial charge in [-0.3, -0.25) is 19.5 Å². The molecule has 5 rings (SSSR count). The van der Waals surface area contributed by atoms with Crippen molar-refractivity contribution in [1.29, 1.82) is 0 Å². The van der Waals surface area contributed by atoms with E-state index in [0.29, 0.717) is 37.0 Å². The van der Waals surface area contributed by atoms with Crippen molar-refractivity contribution < 1.29 is 19.2 Å². The van der Waals surface area contributed by atoms with Crippen LogP contribution in [0.2, 0.25) is 5.02 Å². The van der Waals surface area contributed by atoms with Gasteiger partial charge in [-0.25, -0.2) is 9.79 Å². The lowest BCUT2D eigenvalue weighted by Crippen LogP contribution is -2.40. The number of non-ortho nitro benzene ring substituents is 1. The highest BCUT2D eigenvalue weighted by atomic mass is 35.5. The molecule has 0 amide bonds. The van der Waals surface area contributed by atoms with Gasteiger partial charge in [0.15, 0.2) is 4.80 Å². The van der Waals surface area contributed by atoms with Gasteiger partial charge in [0.1, 0.15) is 6.61 Å². The first kappa shape index (κ1) is 27.3. The van der Waals surface area contributed by atoms with Gasteiger partial charge in [0.25, 0.3) is 11.2 Å². The molecule has 0 bridgehead atoms. The number of nitro benzene ring substituents is 1. The third-order valence-electron chi connectivity index (χ3n) is 6.35. The minimum absolute atomic E-state index is 0.0140. The van der Waals surface area contributed by atoms with Crippen molar-refractivity contribution in [2.45, 2.75) is 13.0 Å². The Morgan fingerprint density at radius 1 is 1.15 bits per heavy atom. The van der Waals surface area contributed by atoms with E-state index in [1.54, 1.807) is 55.6 Å². The summed E-state index contributed by atoms with van der Waals surface area (Å²) in [6.45, 7) is 2.01. The Hall–Kier alpha value is -4.32. The fourth-order valence-corrected chi connectivity index (χ4v) is 5.61. The lowest BCUT2D eigenvalue weighted by Gasteiger charge is -2.24. The number of rotatable bonds is 8. The zero-order valence-corrected chi connectivity index (χ0v) is 23.0. The number of methoxy groups -OCH3 is 1. The average molecular weight is 579 g/mol. The second kappa shape index (κ2) is 11.4. The topological polar surface area (TPSA) is 118 Å². The van der Waals surface area contributed by atoms with Crippen LogP contribution in [0.15, 0.2) is 87.9 Å². The first-order chi connectivity index (χ1) is 19.3. The minimum Gasteiger partial charge on any atom is -0.460 e. The van der Waals surface area contributed by atoms with E-state index in [1.165, 1.54) is 35.1 Å². The van der Waals surface area contributed by atoms with E-state index in [9.17, 15) is 19.7 Å². The molecule has 0 aliphatic carbocycles. The lowest BCUT2D eigenvalue weighted by atomic mass is 9.96. The summed E-state index contributed by atoms with van der Waals surface area (Å²) in [5.74, 6) is -0.584. The smallest absolute Gasteiger partial charge is 0.338 e. The van der Waals surface area contributed by atoms with E-state index in [-0.39, 0.29) is 30.0 Å². The van der Waals surface area contributed by atoms with Crippen molar-refractivity contribution in [3.8, 4) is 5.69 Å². The maximum absolute atomic E-state index is 13.9. The van der Waals surface area contributed by atoms with Gasteiger partial charge < -0.3 is 14.0 Å². The number of fused-ring (bicyclic) bond motifs is 1. The molecule has 3 heterocycles. The molecule has 0 spiro atoms. The number of carbonyl (C=O) groups excluding carboxylic acids is 1. The molecule has 1 atom stereocenters. The van der Waals surface area contributed by atoms with Gasteiger partial charge in [0, 0.05) is 41.8 Å². The number of nitro groups is 1. The molecule has 4 aromatic rings. The summed E-state index contributed by atoms with van der Waals surface area (Å²) < 4.78 is 14.2. The highest BCUT2D eigenvalue weighted by Crippen LogP contribution is 2.31. The van der Waals surface area contributed by atoms with Gasteiger partial charge in [-0.1, -0.05) is 35.1 Å². The maximum Gasteiger partial charge on any atom is 0.338 e. The summed E-state index contributed by atoms with van der Waals surface area (Å²) in [6, 6.07) is 16.0. The monoisotopic (exact) mass is 578 g/mol. The molecule has 1 aliphatic rings. The van der Waals surface area contributed by atoms with Crippen LogP contribution in [-0.2, 0) is 14.3 Å². The lowest BCUT2D eigenvalue weighted by molar-refractivity contribution is -0.384.